The molecule has 0 unspecified atom stereocenters. The number of rotatable bonds is 1. The monoisotopic (exact) mass is 202 g/mol. The lowest BCUT2D eigenvalue weighted by atomic mass is 10.1. The first-order valence-corrected chi connectivity index (χ1v) is 5.49. The number of nitrogens with zero attached hydrogens (tertiary/aromatic N) is 2. The molecule has 2 nitrogen and oxygen atoms in total. The van der Waals surface area contributed by atoms with E-state index < -0.39 is 0 Å². The summed E-state index contributed by atoms with van der Waals surface area (Å²) in [7, 11) is 0. The molecule has 2 heterocycles. The zero-order chi connectivity index (χ0) is 11.1. The predicted octanol–water partition coefficient (Wildman–Crippen LogP) is 3.35. The van der Waals surface area contributed by atoms with Crippen LogP contribution in [-0.2, 0) is 12.0 Å². The van der Waals surface area contributed by atoms with Crippen LogP contribution in [0.1, 0.15) is 33.3 Å². The average Bonchev–Trinajstić information content (AvgIpc) is 2.59. The van der Waals surface area contributed by atoms with Gasteiger partial charge in [-0.15, -0.1) is 0 Å². The molecule has 0 saturated heterocycles. The SMILES string of the molecule is CCc1ccnc2c1ccn2C(C)(C)C. The lowest BCUT2D eigenvalue weighted by Gasteiger charge is -2.21. The average molecular weight is 202 g/mol. The van der Waals surface area contributed by atoms with Gasteiger partial charge in [0.1, 0.15) is 5.65 Å². The van der Waals surface area contributed by atoms with E-state index in [-0.39, 0.29) is 5.54 Å². The van der Waals surface area contributed by atoms with Crippen LogP contribution in [0.5, 0.6) is 0 Å². The summed E-state index contributed by atoms with van der Waals surface area (Å²) in [6.45, 7) is 8.79. The van der Waals surface area contributed by atoms with Gasteiger partial charge in [0.05, 0.1) is 0 Å². The molecule has 2 rings (SSSR count). The normalized spacial score (nSPS) is 12.3. The van der Waals surface area contributed by atoms with Crippen LogP contribution < -0.4 is 0 Å². The lowest BCUT2D eigenvalue weighted by Crippen LogP contribution is -2.20. The van der Waals surface area contributed by atoms with E-state index in [9.17, 15) is 0 Å². The van der Waals surface area contributed by atoms with Crippen LogP contribution in [0, 0.1) is 0 Å². The van der Waals surface area contributed by atoms with Crippen molar-refractivity contribution in [2.75, 3.05) is 0 Å². The van der Waals surface area contributed by atoms with Gasteiger partial charge in [-0.3, -0.25) is 0 Å². The van der Waals surface area contributed by atoms with Crippen LogP contribution >= 0.6 is 0 Å². The molecule has 0 aliphatic carbocycles. The number of hydrogen-bond donors (Lipinski definition) is 0. The van der Waals surface area contributed by atoms with E-state index in [0.29, 0.717) is 0 Å². The molecule has 15 heavy (non-hydrogen) atoms. The Morgan fingerprint density at radius 3 is 2.60 bits per heavy atom. The smallest absolute Gasteiger partial charge is 0.140 e. The van der Waals surface area contributed by atoms with Crippen molar-refractivity contribution < 1.29 is 0 Å². The van der Waals surface area contributed by atoms with E-state index in [2.05, 4.69) is 55.6 Å². The van der Waals surface area contributed by atoms with Crippen LogP contribution in [0.3, 0.4) is 0 Å². The quantitative estimate of drug-likeness (QED) is 0.693. The molecule has 0 saturated carbocycles. The van der Waals surface area contributed by atoms with Gasteiger partial charge in [0, 0.05) is 23.3 Å². The van der Waals surface area contributed by atoms with Crippen molar-refractivity contribution in [3.63, 3.8) is 0 Å². The van der Waals surface area contributed by atoms with Gasteiger partial charge in [-0.05, 0) is 44.9 Å². The first kappa shape index (κ1) is 10.2. The molecule has 0 amide bonds. The molecule has 0 aliphatic heterocycles. The van der Waals surface area contributed by atoms with Crippen molar-refractivity contribution in [3.05, 3.63) is 30.1 Å². The van der Waals surface area contributed by atoms with E-state index in [1.54, 1.807) is 0 Å². The van der Waals surface area contributed by atoms with Gasteiger partial charge in [0.25, 0.3) is 0 Å². The Kier molecular flexibility index (Phi) is 2.29. The number of aryl methyl sites for hydroxylation is 1. The minimum atomic E-state index is 0.0983. The molecule has 0 atom stereocenters. The van der Waals surface area contributed by atoms with Crippen molar-refractivity contribution in [2.45, 2.75) is 39.7 Å². The minimum absolute atomic E-state index is 0.0983. The van der Waals surface area contributed by atoms with Crippen LogP contribution in [0.4, 0.5) is 0 Å². The highest BCUT2D eigenvalue weighted by atomic mass is 15.1. The molecule has 2 aromatic heterocycles. The molecule has 0 spiro atoms. The fourth-order valence-electron chi connectivity index (χ4n) is 1.94. The number of hydrogen-bond acceptors (Lipinski definition) is 1. The van der Waals surface area contributed by atoms with Crippen molar-refractivity contribution >= 4 is 11.0 Å². The summed E-state index contributed by atoms with van der Waals surface area (Å²) in [5.74, 6) is 0. The van der Waals surface area contributed by atoms with Gasteiger partial charge >= 0.3 is 0 Å². The maximum Gasteiger partial charge on any atom is 0.140 e. The Balaban J connectivity index is 2.72. The largest absolute Gasteiger partial charge is 0.327 e. The Morgan fingerprint density at radius 2 is 2.00 bits per heavy atom. The second-order valence-corrected chi connectivity index (χ2v) is 4.92. The third-order valence-corrected chi connectivity index (χ3v) is 2.78. The van der Waals surface area contributed by atoms with Gasteiger partial charge in [-0.25, -0.2) is 4.98 Å². The standard InChI is InChI=1S/C13H18N2/c1-5-10-6-8-14-12-11(10)7-9-15(12)13(2,3)4/h6-9H,5H2,1-4H3. The van der Waals surface area contributed by atoms with E-state index in [4.69, 9.17) is 0 Å². The molecule has 0 aliphatic rings. The van der Waals surface area contributed by atoms with Crippen LogP contribution in [-0.4, -0.2) is 9.55 Å². The molecule has 0 N–H and O–H groups in total. The fourth-order valence-corrected chi connectivity index (χ4v) is 1.94. The second-order valence-electron chi connectivity index (χ2n) is 4.92. The molecule has 80 valence electrons. The predicted molar refractivity (Wildman–Crippen MR) is 64.1 cm³/mol. The topological polar surface area (TPSA) is 17.8 Å². The van der Waals surface area contributed by atoms with Gasteiger partial charge in [0.2, 0.25) is 0 Å². The zero-order valence-corrected chi connectivity index (χ0v) is 9.91. The van der Waals surface area contributed by atoms with E-state index in [1.165, 1.54) is 10.9 Å². The third-order valence-electron chi connectivity index (χ3n) is 2.78. The highest BCUT2D eigenvalue weighted by Gasteiger charge is 2.16. The van der Waals surface area contributed by atoms with Gasteiger partial charge in [-0.2, -0.15) is 0 Å². The van der Waals surface area contributed by atoms with Crippen LogP contribution in [0.2, 0.25) is 0 Å². The molecule has 2 aromatic rings. The van der Waals surface area contributed by atoms with Crippen molar-refractivity contribution in [3.8, 4) is 0 Å². The molecule has 2 heteroatoms. The maximum absolute atomic E-state index is 4.48. The molecule has 0 bridgehead atoms. The lowest BCUT2D eigenvalue weighted by molar-refractivity contribution is 0.408. The summed E-state index contributed by atoms with van der Waals surface area (Å²) in [6, 6.07) is 4.28. The number of aromatic nitrogens is 2. The van der Waals surface area contributed by atoms with Crippen molar-refractivity contribution in [2.24, 2.45) is 0 Å². The highest BCUT2D eigenvalue weighted by molar-refractivity contribution is 5.80. The molecular formula is C13H18N2. The van der Waals surface area contributed by atoms with E-state index in [1.807, 2.05) is 6.20 Å². The number of pyridine rings is 1. The van der Waals surface area contributed by atoms with Crippen LogP contribution in [0.15, 0.2) is 24.5 Å². The highest BCUT2D eigenvalue weighted by Crippen LogP contribution is 2.24. The van der Waals surface area contributed by atoms with Gasteiger partial charge < -0.3 is 4.57 Å². The number of fused-ring (bicyclic) bond motifs is 1. The summed E-state index contributed by atoms with van der Waals surface area (Å²) in [5, 5.41) is 1.29. The summed E-state index contributed by atoms with van der Waals surface area (Å²) in [4.78, 5) is 4.48. The van der Waals surface area contributed by atoms with Crippen LogP contribution in [0.25, 0.3) is 11.0 Å². The molecule has 0 aromatic carbocycles. The Morgan fingerprint density at radius 1 is 1.27 bits per heavy atom. The third kappa shape index (κ3) is 1.65. The summed E-state index contributed by atoms with van der Waals surface area (Å²) in [5.41, 5.74) is 2.58. The zero-order valence-electron chi connectivity index (χ0n) is 9.91. The van der Waals surface area contributed by atoms with Gasteiger partial charge in [-0.1, -0.05) is 6.92 Å². The maximum atomic E-state index is 4.48. The minimum Gasteiger partial charge on any atom is -0.327 e. The Labute approximate surface area is 90.9 Å². The summed E-state index contributed by atoms with van der Waals surface area (Å²) in [6.07, 6.45) is 5.10. The summed E-state index contributed by atoms with van der Waals surface area (Å²) < 4.78 is 2.24. The first-order chi connectivity index (χ1) is 7.04. The Bertz CT molecular complexity index is 475. The van der Waals surface area contributed by atoms with Crippen molar-refractivity contribution in [1.82, 2.24) is 9.55 Å². The van der Waals surface area contributed by atoms with Crippen molar-refractivity contribution in [1.29, 1.82) is 0 Å². The van der Waals surface area contributed by atoms with E-state index >= 15 is 0 Å². The second kappa shape index (κ2) is 3.37. The van der Waals surface area contributed by atoms with Gasteiger partial charge in [0.15, 0.2) is 0 Å². The Hall–Kier alpha value is -1.31. The van der Waals surface area contributed by atoms with E-state index in [0.717, 1.165) is 12.1 Å². The summed E-state index contributed by atoms with van der Waals surface area (Å²) >= 11 is 0. The molecular weight excluding hydrogens is 184 g/mol. The first-order valence-electron chi connectivity index (χ1n) is 5.49. The molecule has 0 radical (unpaired) electrons. The fraction of sp³-hybridized carbons (Fsp3) is 0.462. The molecule has 0 fully saturated rings.